The van der Waals surface area contributed by atoms with Crippen molar-refractivity contribution in [2.75, 3.05) is 6.54 Å². The molecule has 3 nitrogen and oxygen atoms in total. The summed E-state index contributed by atoms with van der Waals surface area (Å²) in [6, 6.07) is 20.9. The van der Waals surface area contributed by atoms with E-state index in [9.17, 15) is 0 Å². The second-order valence-corrected chi connectivity index (χ2v) is 5.03. The lowest BCUT2D eigenvalue weighted by molar-refractivity contribution is 0.552. The van der Waals surface area contributed by atoms with Crippen LogP contribution in [0.25, 0.3) is 11.4 Å². The highest BCUT2D eigenvalue weighted by Crippen LogP contribution is 2.27. The Labute approximate surface area is 125 Å². The molecule has 1 unspecified atom stereocenters. The average Bonchev–Trinajstić information content (AvgIpc) is 3.03. The summed E-state index contributed by atoms with van der Waals surface area (Å²) in [6.45, 7) is 0.645. The quantitative estimate of drug-likeness (QED) is 0.776. The van der Waals surface area contributed by atoms with E-state index < -0.39 is 0 Å². The van der Waals surface area contributed by atoms with Gasteiger partial charge in [0.1, 0.15) is 5.82 Å². The molecule has 1 heterocycles. The van der Waals surface area contributed by atoms with Crippen molar-refractivity contribution in [1.82, 2.24) is 9.55 Å². The summed E-state index contributed by atoms with van der Waals surface area (Å²) in [7, 11) is 0. The Hall–Kier alpha value is -2.39. The number of nitrogens with two attached hydrogens (primary N) is 1. The standard InChI is InChI=1S/C18H19N3/c19-12-11-17(15-7-3-1-4-8-15)21-14-13-20-18(21)16-9-5-2-6-10-16/h1-10,13-14,17H,11-12,19H2. The fraction of sp³-hybridized carbons (Fsp3) is 0.167. The van der Waals surface area contributed by atoms with E-state index in [1.165, 1.54) is 5.56 Å². The van der Waals surface area contributed by atoms with Crippen LogP contribution in [0.1, 0.15) is 18.0 Å². The first-order valence-electron chi connectivity index (χ1n) is 7.23. The SMILES string of the molecule is NCCC(c1ccccc1)n1ccnc1-c1ccccc1. The van der Waals surface area contributed by atoms with Crippen molar-refractivity contribution in [1.29, 1.82) is 0 Å². The predicted molar refractivity (Wildman–Crippen MR) is 85.9 cm³/mol. The van der Waals surface area contributed by atoms with Crippen LogP contribution in [-0.2, 0) is 0 Å². The van der Waals surface area contributed by atoms with Crippen molar-refractivity contribution >= 4 is 0 Å². The summed E-state index contributed by atoms with van der Waals surface area (Å²) in [4.78, 5) is 4.54. The van der Waals surface area contributed by atoms with Crippen molar-refractivity contribution in [3.8, 4) is 11.4 Å². The molecule has 2 N–H and O–H groups in total. The maximum absolute atomic E-state index is 5.83. The monoisotopic (exact) mass is 277 g/mol. The molecule has 3 rings (SSSR count). The molecule has 0 radical (unpaired) electrons. The first-order chi connectivity index (χ1) is 10.4. The van der Waals surface area contributed by atoms with Crippen LogP contribution in [0.2, 0.25) is 0 Å². The molecule has 3 aromatic rings. The van der Waals surface area contributed by atoms with E-state index in [0.29, 0.717) is 6.54 Å². The largest absolute Gasteiger partial charge is 0.330 e. The molecule has 0 saturated heterocycles. The van der Waals surface area contributed by atoms with E-state index in [-0.39, 0.29) is 6.04 Å². The molecule has 0 spiro atoms. The van der Waals surface area contributed by atoms with E-state index >= 15 is 0 Å². The summed E-state index contributed by atoms with van der Waals surface area (Å²) in [5.74, 6) is 0.984. The molecular formula is C18H19N3. The van der Waals surface area contributed by atoms with E-state index in [1.807, 2.05) is 36.7 Å². The van der Waals surface area contributed by atoms with Gasteiger partial charge in [0.15, 0.2) is 0 Å². The van der Waals surface area contributed by atoms with Gasteiger partial charge in [-0.2, -0.15) is 0 Å². The van der Waals surface area contributed by atoms with E-state index in [1.54, 1.807) is 0 Å². The molecule has 1 aromatic heterocycles. The lowest BCUT2D eigenvalue weighted by Crippen LogP contribution is -2.15. The van der Waals surface area contributed by atoms with E-state index in [0.717, 1.165) is 17.8 Å². The maximum Gasteiger partial charge on any atom is 0.140 e. The smallest absolute Gasteiger partial charge is 0.140 e. The zero-order chi connectivity index (χ0) is 14.5. The minimum Gasteiger partial charge on any atom is -0.330 e. The van der Waals surface area contributed by atoms with E-state index in [2.05, 4.69) is 45.9 Å². The number of aromatic nitrogens is 2. The highest BCUT2D eigenvalue weighted by molar-refractivity contribution is 5.55. The molecule has 21 heavy (non-hydrogen) atoms. The molecule has 0 fully saturated rings. The fourth-order valence-electron chi connectivity index (χ4n) is 2.67. The third-order valence-corrected chi connectivity index (χ3v) is 3.66. The molecule has 0 aliphatic heterocycles. The van der Waals surface area contributed by atoms with Crippen molar-refractivity contribution in [2.24, 2.45) is 5.73 Å². The first kappa shape index (κ1) is 13.6. The Morgan fingerprint density at radius 1 is 0.952 bits per heavy atom. The van der Waals surface area contributed by atoms with Gasteiger partial charge < -0.3 is 10.3 Å². The highest BCUT2D eigenvalue weighted by Gasteiger charge is 2.16. The second-order valence-electron chi connectivity index (χ2n) is 5.03. The van der Waals surface area contributed by atoms with Crippen molar-refractivity contribution in [2.45, 2.75) is 12.5 Å². The lowest BCUT2D eigenvalue weighted by Gasteiger charge is -2.21. The topological polar surface area (TPSA) is 43.8 Å². The minimum absolute atomic E-state index is 0.217. The number of hydrogen-bond donors (Lipinski definition) is 1. The molecule has 0 aliphatic carbocycles. The van der Waals surface area contributed by atoms with Gasteiger partial charge in [0, 0.05) is 18.0 Å². The van der Waals surface area contributed by atoms with Gasteiger partial charge in [0.05, 0.1) is 6.04 Å². The van der Waals surface area contributed by atoms with Gasteiger partial charge in [-0.05, 0) is 18.5 Å². The summed E-state index contributed by atoms with van der Waals surface area (Å²) in [6.07, 6.45) is 4.78. The van der Waals surface area contributed by atoms with Crippen LogP contribution in [-0.4, -0.2) is 16.1 Å². The molecule has 0 saturated carbocycles. The van der Waals surface area contributed by atoms with Crippen LogP contribution < -0.4 is 5.73 Å². The molecule has 3 heteroatoms. The number of benzene rings is 2. The minimum atomic E-state index is 0.217. The van der Waals surface area contributed by atoms with Gasteiger partial charge in [-0.3, -0.25) is 0 Å². The Balaban J connectivity index is 2.04. The summed E-state index contributed by atoms with van der Waals surface area (Å²) < 4.78 is 2.22. The van der Waals surface area contributed by atoms with Crippen molar-refractivity contribution in [3.63, 3.8) is 0 Å². The molecular weight excluding hydrogens is 258 g/mol. The van der Waals surface area contributed by atoms with Crippen LogP contribution in [0, 0.1) is 0 Å². The lowest BCUT2D eigenvalue weighted by atomic mass is 10.0. The Morgan fingerprint density at radius 2 is 1.62 bits per heavy atom. The van der Waals surface area contributed by atoms with Crippen LogP contribution >= 0.6 is 0 Å². The normalized spacial score (nSPS) is 12.2. The van der Waals surface area contributed by atoms with E-state index in [4.69, 9.17) is 5.73 Å². The van der Waals surface area contributed by atoms with Gasteiger partial charge in [-0.15, -0.1) is 0 Å². The number of imidazole rings is 1. The molecule has 106 valence electrons. The summed E-state index contributed by atoms with van der Waals surface area (Å²) >= 11 is 0. The third kappa shape index (κ3) is 2.88. The third-order valence-electron chi connectivity index (χ3n) is 3.66. The van der Waals surface area contributed by atoms with Gasteiger partial charge in [-0.25, -0.2) is 4.98 Å². The van der Waals surface area contributed by atoms with Crippen molar-refractivity contribution < 1.29 is 0 Å². The average molecular weight is 277 g/mol. The Morgan fingerprint density at radius 3 is 2.29 bits per heavy atom. The van der Waals surface area contributed by atoms with Crippen LogP contribution in [0.4, 0.5) is 0 Å². The highest BCUT2D eigenvalue weighted by atomic mass is 15.1. The number of rotatable bonds is 5. The van der Waals surface area contributed by atoms with Gasteiger partial charge in [-0.1, -0.05) is 60.7 Å². The predicted octanol–water partition coefficient (Wildman–Crippen LogP) is 3.49. The fourth-order valence-corrected chi connectivity index (χ4v) is 2.67. The van der Waals surface area contributed by atoms with Gasteiger partial charge >= 0.3 is 0 Å². The Kier molecular flexibility index (Phi) is 4.12. The zero-order valence-corrected chi connectivity index (χ0v) is 11.9. The molecule has 0 amide bonds. The summed E-state index contributed by atoms with van der Waals surface area (Å²) in [5, 5.41) is 0. The Bertz CT molecular complexity index is 674. The van der Waals surface area contributed by atoms with Crippen LogP contribution in [0.3, 0.4) is 0 Å². The molecule has 0 aliphatic rings. The first-order valence-corrected chi connectivity index (χ1v) is 7.23. The van der Waals surface area contributed by atoms with Crippen LogP contribution in [0.5, 0.6) is 0 Å². The van der Waals surface area contributed by atoms with Gasteiger partial charge in [0.25, 0.3) is 0 Å². The van der Waals surface area contributed by atoms with Crippen LogP contribution in [0.15, 0.2) is 73.1 Å². The number of nitrogens with zero attached hydrogens (tertiary/aromatic N) is 2. The molecule has 1 atom stereocenters. The van der Waals surface area contributed by atoms with Crippen molar-refractivity contribution in [3.05, 3.63) is 78.6 Å². The van der Waals surface area contributed by atoms with Gasteiger partial charge in [0.2, 0.25) is 0 Å². The molecule has 2 aromatic carbocycles. The summed E-state index contributed by atoms with van der Waals surface area (Å²) in [5.41, 5.74) is 8.22. The molecule has 0 bridgehead atoms. The second kappa shape index (κ2) is 6.37. The zero-order valence-electron chi connectivity index (χ0n) is 11.9. The maximum atomic E-state index is 5.83. The number of hydrogen-bond acceptors (Lipinski definition) is 2.